The van der Waals surface area contributed by atoms with Gasteiger partial charge in [-0.15, -0.1) is 5.10 Å². The summed E-state index contributed by atoms with van der Waals surface area (Å²) in [6.45, 7) is 2.09. The van der Waals surface area contributed by atoms with Gasteiger partial charge < -0.3 is 10.6 Å². The van der Waals surface area contributed by atoms with Gasteiger partial charge in [-0.05, 0) is 42.3 Å². The first-order chi connectivity index (χ1) is 11.2. The van der Waals surface area contributed by atoms with E-state index in [1.165, 1.54) is 23.9 Å². The van der Waals surface area contributed by atoms with Gasteiger partial charge in [-0.25, -0.2) is 4.39 Å². The van der Waals surface area contributed by atoms with Crippen LogP contribution < -0.4 is 10.6 Å². The Bertz CT molecular complexity index is 789. The molecular weight excluding hydrogens is 293 g/mol. The third-order valence-corrected chi connectivity index (χ3v) is 3.32. The van der Waals surface area contributed by atoms with Crippen LogP contribution in [0, 0.1) is 5.82 Å². The number of nitrogens with one attached hydrogen (secondary N) is 2. The van der Waals surface area contributed by atoms with E-state index in [0.717, 1.165) is 17.8 Å². The Morgan fingerprint density at radius 3 is 2.57 bits per heavy atom. The maximum atomic E-state index is 12.9. The molecule has 0 radical (unpaired) electrons. The van der Waals surface area contributed by atoms with Crippen LogP contribution in [-0.2, 0) is 6.42 Å². The molecule has 0 bridgehead atoms. The van der Waals surface area contributed by atoms with Gasteiger partial charge in [-0.1, -0.05) is 25.1 Å². The number of aromatic nitrogens is 3. The molecule has 0 spiro atoms. The highest BCUT2D eigenvalue weighted by Crippen LogP contribution is 2.20. The van der Waals surface area contributed by atoms with Gasteiger partial charge in [-0.2, -0.15) is 10.1 Å². The van der Waals surface area contributed by atoms with E-state index in [4.69, 9.17) is 0 Å². The van der Waals surface area contributed by atoms with Crippen molar-refractivity contribution >= 4 is 23.1 Å². The van der Waals surface area contributed by atoms with Gasteiger partial charge >= 0.3 is 0 Å². The molecular formula is C17H16FN5. The van der Waals surface area contributed by atoms with Crippen LogP contribution in [0.3, 0.4) is 0 Å². The fraction of sp³-hybridized carbons (Fsp3) is 0.118. The first-order valence-corrected chi connectivity index (χ1v) is 7.32. The van der Waals surface area contributed by atoms with E-state index < -0.39 is 0 Å². The van der Waals surface area contributed by atoms with Gasteiger partial charge in [0, 0.05) is 11.4 Å². The third kappa shape index (κ3) is 3.79. The van der Waals surface area contributed by atoms with Crippen LogP contribution in [0.15, 0.2) is 54.7 Å². The summed E-state index contributed by atoms with van der Waals surface area (Å²) < 4.78 is 12.9. The van der Waals surface area contributed by atoms with Crippen molar-refractivity contribution in [3.05, 3.63) is 66.1 Å². The minimum atomic E-state index is -0.283. The first kappa shape index (κ1) is 14.9. The van der Waals surface area contributed by atoms with Crippen LogP contribution in [0.5, 0.6) is 0 Å². The molecule has 0 amide bonds. The highest BCUT2D eigenvalue weighted by atomic mass is 19.1. The Morgan fingerprint density at radius 2 is 1.78 bits per heavy atom. The van der Waals surface area contributed by atoms with Crippen molar-refractivity contribution in [1.29, 1.82) is 0 Å². The summed E-state index contributed by atoms with van der Waals surface area (Å²) in [5.74, 6) is 0.649. The number of rotatable bonds is 5. The second kappa shape index (κ2) is 6.83. The topological polar surface area (TPSA) is 62.7 Å². The number of anilines is 4. The van der Waals surface area contributed by atoms with Crippen LogP contribution in [-0.4, -0.2) is 15.2 Å². The SMILES string of the molecule is CCc1ccccc1Nc1nncc(Nc2ccc(F)cc2)n1. The van der Waals surface area contributed by atoms with Gasteiger partial charge in [0.05, 0.1) is 6.20 Å². The Labute approximate surface area is 133 Å². The van der Waals surface area contributed by atoms with E-state index in [1.54, 1.807) is 12.1 Å². The summed E-state index contributed by atoms with van der Waals surface area (Å²) >= 11 is 0. The molecule has 0 aliphatic carbocycles. The minimum absolute atomic E-state index is 0.283. The van der Waals surface area contributed by atoms with Crippen LogP contribution >= 0.6 is 0 Å². The van der Waals surface area contributed by atoms with Gasteiger partial charge in [0.1, 0.15) is 5.82 Å². The summed E-state index contributed by atoms with van der Waals surface area (Å²) in [6.07, 6.45) is 2.42. The van der Waals surface area contributed by atoms with Crippen molar-refractivity contribution in [2.45, 2.75) is 13.3 Å². The van der Waals surface area contributed by atoms with Gasteiger partial charge in [-0.3, -0.25) is 0 Å². The molecule has 2 aromatic carbocycles. The maximum absolute atomic E-state index is 12.9. The van der Waals surface area contributed by atoms with Crippen molar-refractivity contribution < 1.29 is 4.39 Å². The lowest BCUT2D eigenvalue weighted by molar-refractivity contribution is 0.628. The van der Waals surface area contributed by atoms with Gasteiger partial charge in [0.25, 0.3) is 0 Å². The molecule has 0 unspecified atom stereocenters. The summed E-state index contributed by atoms with van der Waals surface area (Å²) in [5.41, 5.74) is 2.86. The second-order valence-corrected chi connectivity index (χ2v) is 4.93. The number of benzene rings is 2. The molecule has 23 heavy (non-hydrogen) atoms. The molecule has 0 aliphatic rings. The lowest BCUT2D eigenvalue weighted by Gasteiger charge is -2.10. The predicted octanol–water partition coefficient (Wildman–Crippen LogP) is 4.06. The molecule has 0 saturated carbocycles. The lowest BCUT2D eigenvalue weighted by atomic mass is 10.1. The zero-order valence-electron chi connectivity index (χ0n) is 12.6. The van der Waals surface area contributed by atoms with Crippen molar-refractivity contribution in [3.63, 3.8) is 0 Å². The summed E-state index contributed by atoms with van der Waals surface area (Å²) in [5, 5.41) is 14.2. The number of aryl methyl sites for hydroxylation is 1. The zero-order valence-corrected chi connectivity index (χ0v) is 12.6. The summed E-state index contributed by atoms with van der Waals surface area (Å²) in [7, 11) is 0. The fourth-order valence-corrected chi connectivity index (χ4v) is 2.17. The van der Waals surface area contributed by atoms with Crippen molar-refractivity contribution in [2.75, 3.05) is 10.6 Å². The van der Waals surface area contributed by atoms with E-state index in [2.05, 4.69) is 38.8 Å². The normalized spacial score (nSPS) is 10.3. The average Bonchev–Trinajstić information content (AvgIpc) is 2.58. The molecule has 0 fully saturated rings. The van der Waals surface area contributed by atoms with Crippen molar-refractivity contribution in [2.24, 2.45) is 0 Å². The van der Waals surface area contributed by atoms with E-state index in [1.807, 2.05) is 18.2 Å². The monoisotopic (exact) mass is 309 g/mol. The molecule has 1 aromatic heterocycles. The summed E-state index contributed by atoms with van der Waals surface area (Å²) in [4.78, 5) is 4.37. The fourth-order valence-electron chi connectivity index (χ4n) is 2.17. The molecule has 6 heteroatoms. The van der Waals surface area contributed by atoms with E-state index in [9.17, 15) is 4.39 Å². The number of halogens is 1. The smallest absolute Gasteiger partial charge is 0.249 e. The lowest BCUT2D eigenvalue weighted by Crippen LogP contribution is -2.03. The first-order valence-electron chi connectivity index (χ1n) is 7.32. The molecule has 2 N–H and O–H groups in total. The third-order valence-electron chi connectivity index (χ3n) is 3.32. The highest BCUT2D eigenvalue weighted by Gasteiger charge is 2.05. The van der Waals surface area contributed by atoms with Crippen LogP contribution in [0.4, 0.5) is 27.5 Å². The number of nitrogens with zero attached hydrogens (tertiary/aromatic N) is 3. The van der Waals surface area contributed by atoms with Crippen molar-refractivity contribution in [1.82, 2.24) is 15.2 Å². The van der Waals surface area contributed by atoms with E-state index >= 15 is 0 Å². The van der Waals surface area contributed by atoms with Crippen LogP contribution in [0.25, 0.3) is 0 Å². The molecule has 5 nitrogen and oxygen atoms in total. The quantitative estimate of drug-likeness (QED) is 0.744. The summed E-state index contributed by atoms with van der Waals surface area (Å²) in [6, 6.07) is 14.0. The zero-order chi connectivity index (χ0) is 16.1. The molecule has 0 atom stereocenters. The number of hydrogen-bond donors (Lipinski definition) is 2. The standard InChI is InChI=1S/C17H16FN5/c1-2-12-5-3-4-6-15(12)21-17-22-16(11-19-23-17)20-14-9-7-13(18)8-10-14/h3-11H,2H2,1H3,(H2,20,21,22,23). The Morgan fingerprint density at radius 1 is 1.00 bits per heavy atom. The Kier molecular flexibility index (Phi) is 4.42. The maximum Gasteiger partial charge on any atom is 0.249 e. The Balaban J connectivity index is 1.78. The average molecular weight is 309 g/mol. The molecule has 0 saturated heterocycles. The van der Waals surface area contributed by atoms with Gasteiger partial charge in [0.15, 0.2) is 5.82 Å². The van der Waals surface area contributed by atoms with Crippen LogP contribution in [0.2, 0.25) is 0 Å². The number of hydrogen-bond acceptors (Lipinski definition) is 5. The van der Waals surface area contributed by atoms with E-state index in [-0.39, 0.29) is 5.82 Å². The van der Waals surface area contributed by atoms with Gasteiger partial charge in [0.2, 0.25) is 5.95 Å². The van der Waals surface area contributed by atoms with E-state index in [0.29, 0.717) is 11.8 Å². The molecule has 0 aliphatic heterocycles. The predicted molar refractivity (Wildman–Crippen MR) is 88.6 cm³/mol. The Hall–Kier alpha value is -3.02. The molecule has 3 aromatic rings. The highest BCUT2D eigenvalue weighted by molar-refractivity contribution is 5.60. The number of para-hydroxylation sites is 1. The molecule has 3 rings (SSSR count). The molecule has 116 valence electrons. The molecule has 1 heterocycles. The minimum Gasteiger partial charge on any atom is -0.339 e. The second-order valence-electron chi connectivity index (χ2n) is 4.93. The van der Waals surface area contributed by atoms with Crippen molar-refractivity contribution in [3.8, 4) is 0 Å². The largest absolute Gasteiger partial charge is 0.339 e. The van der Waals surface area contributed by atoms with Crippen LogP contribution in [0.1, 0.15) is 12.5 Å².